The van der Waals surface area contributed by atoms with E-state index in [2.05, 4.69) is 5.32 Å². The Bertz CT molecular complexity index is 760. The summed E-state index contributed by atoms with van der Waals surface area (Å²) in [5.41, 5.74) is 1.81. The molecule has 0 bridgehead atoms. The molecule has 6 heteroatoms. The molecule has 1 N–H and O–H groups in total. The Labute approximate surface area is 148 Å². The number of amides is 2. The van der Waals surface area contributed by atoms with Crippen molar-refractivity contribution < 1.29 is 18.7 Å². The zero-order valence-electron chi connectivity index (χ0n) is 15.5. The summed E-state index contributed by atoms with van der Waals surface area (Å²) in [6, 6.07) is 5.41. The van der Waals surface area contributed by atoms with Crippen LogP contribution in [0.5, 0.6) is 5.75 Å². The van der Waals surface area contributed by atoms with Gasteiger partial charge in [-0.3, -0.25) is 0 Å². The maximum Gasteiger partial charge on any atom is 0.318 e. The zero-order chi connectivity index (χ0) is 18.1. The second-order valence-corrected chi connectivity index (χ2v) is 6.79. The van der Waals surface area contributed by atoms with Crippen LogP contribution in [0.2, 0.25) is 0 Å². The van der Waals surface area contributed by atoms with Crippen LogP contribution < -0.4 is 10.1 Å². The lowest BCUT2D eigenvalue weighted by Crippen LogP contribution is -2.52. The van der Waals surface area contributed by atoms with Gasteiger partial charge >= 0.3 is 6.03 Å². The van der Waals surface area contributed by atoms with Gasteiger partial charge in [-0.1, -0.05) is 0 Å². The first kappa shape index (κ1) is 17.6. The molecule has 1 fully saturated rings. The first-order chi connectivity index (χ1) is 11.9. The first-order valence-corrected chi connectivity index (χ1v) is 8.67. The molecule has 2 heterocycles. The minimum absolute atomic E-state index is 0.0465. The Morgan fingerprint density at radius 1 is 1.32 bits per heavy atom. The number of morpholine rings is 1. The number of rotatable bonds is 3. The molecule has 2 amide bonds. The van der Waals surface area contributed by atoms with Crippen molar-refractivity contribution in [3.8, 4) is 5.75 Å². The van der Waals surface area contributed by atoms with E-state index in [0.29, 0.717) is 13.1 Å². The predicted octanol–water partition coefficient (Wildman–Crippen LogP) is 3.63. The third kappa shape index (κ3) is 3.58. The highest BCUT2D eigenvalue weighted by Gasteiger charge is 2.27. The molecule has 0 spiro atoms. The average Bonchev–Trinajstić information content (AvgIpc) is 2.90. The molecule has 25 heavy (non-hydrogen) atoms. The fraction of sp³-hybridized carbons (Fsp3) is 0.526. The maximum atomic E-state index is 12.6. The third-order valence-electron chi connectivity index (χ3n) is 4.62. The van der Waals surface area contributed by atoms with Gasteiger partial charge in [-0.15, -0.1) is 0 Å². The number of furan rings is 1. The highest BCUT2D eigenvalue weighted by Crippen LogP contribution is 2.32. The van der Waals surface area contributed by atoms with Crippen LogP contribution in [0.15, 0.2) is 22.6 Å². The number of benzene rings is 1. The van der Waals surface area contributed by atoms with Crippen LogP contribution in [-0.2, 0) is 4.74 Å². The van der Waals surface area contributed by atoms with Crippen molar-refractivity contribution >= 4 is 17.0 Å². The van der Waals surface area contributed by atoms with Gasteiger partial charge in [0.15, 0.2) is 0 Å². The van der Waals surface area contributed by atoms with Crippen molar-refractivity contribution in [2.45, 2.75) is 45.9 Å². The number of ether oxygens (including phenoxy) is 2. The molecular weight excluding hydrogens is 320 g/mol. The number of urea groups is 1. The number of carbonyl (C=O) groups excluding carboxylic acids is 1. The normalized spacial score (nSPS) is 22.0. The minimum atomic E-state index is -0.223. The van der Waals surface area contributed by atoms with Crippen molar-refractivity contribution in [1.29, 1.82) is 0 Å². The molecule has 6 nitrogen and oxygen atoms in total. The van der Waals surface area contributed by atoms with Gasteiger partial charge in [-0.2, -0.15) is 0 Å². The van der Waals surface area contributed by atoms with Gasteiger partial charge in [0, 0.05) is 24.0 Å². The molecule has 3 atom stereocenters. The van der Waals surface area contributed by atoms with Gasteiger partial charge in [0.2, 0.25) is 0 Å². The molecule has 0 saturated carbocycles. The van der Waals surface area contributed by atoms with E-state index in [1.807, 2.05) is 45.9 Å². The smallest absolute Gasteiger partial charge is 0.318 e. The molecule has 136 valence electrons. The van der Waals surface area contributed by atoms with E-state index in [1.165, 1.54) is 0 Å². The van der Waals surface area contributed by atoms with Crippen LogP contribution in [0.4, 0.5) is 4.79 Å². The van der Waals surface area contributed by atoms with Crippen molar-refractivity contribution in [2.24, 2.45) is 0 Å². The minimum Gasteiger partial charge on any atom is -0.497 e. The number of carbonyl (C=O) groups is 1. The summed E-state index contributed by atoms with van der Waals surface area (Å²) >= 11 is 0. The lowest BCUT2D eigenvalue weighted by molar-refractivity contribution is -0.0547. The quantitative estimate of drug-likeness (QED) is 0.922. The van der Waals surface area contributed by atoms with Gasteiger partial charge in [-0.05, 0) is 45.9 Å². The largest absolute Gasteiger partial charge is 0.497 e. The summed E-state index contributed by atoms with van der Waals surface area (Å²) in [4.78, 5) is 14.4. The summed E-state index contributed by atoms with van der Waals surface area (Å²) in [5, 5.41) is 4.05. The van der Waals surface area contributed by atoms with Gasteiger partial charge in [0.05, 0.1) is 25.4 Å². The molecule has 1 aliphatic heterocycles. The molecular formula is C19H26N2O4. The van der Waals surface area contributed by atoms with E-state index < -0.39 is 0 Å². The van der Waals surface area contributed by atoms with Gasteiger partial charge in [0.1, 0.15) is 17.1 Å². The van der Waals surface area contributed by atoms with E-state index in [1.54, 1.807) is 12.0 Å². The molecule has 1 aromatic heterocycles. The number of fused-ring (bicyclic) bond motifs is 1. The number of methoxy groups -OCH3 is 1. The van der Waals surface area contributed by atoms with Crippen LogP contribution in [0.1, 0.15) is 38.1 Å². The van der Waals surface area contributed by atoms with Crippen molar-refractivity contribution in [3.63, 3.8) is 0 Å². The van der Waals surface area contributed by atoms with E-state index >= 15 is 0 Å². The van der Waals surface area contributed by atoms with Gasteiger partial charge < -0.3 is 24.1 Å². The topological polar surface area (TPSA) is 63.9 Å². The summed E-state index contributed by atoms with van der Waals surface area (Å²) in [5.74, 6) is 1.56. The SMILES string of the molecule is COc1ccc2oc(C(C)NC(=O)N3CC(C)OC(C)C3)c(C)c2c1. The highest BCUT2D eigenvalue weighted by atomic mass is 16.5. The average molecular weight is 346 g/mol. The molecule has 1 saturated heterocycles. The second-order valence-electron chi connectivity index (χ2n) is 6.79. The van der Waals surface area contributed by atoms with E-state index in [-0.39, 0.29) is 24.3 Å². The molecule has 3 rings (SSSR count). The Morgan fingerprint density at radius 2 is 2.00 bits per heavy atom. The summed E-state index contributed by atoms with van der Waals surface area (Å²) in [7, 11) is 1.64. The Balaban J connectivity index is 1.76. The van der Waals surface area contributed by atoms with Gasteiger partial charge in [-0.25, -0.2) is 4.79 Å². The molecule has 1 aliphatic rings. The van der Waals surface area contributed by atoms with Crippen LogP contribution in [-0.4, -0.2) is 43.3 Å². The number of hydrogen-bond donors (Lipinski definition) is 1. The van der Waals surface area contributed by atoms with Crippen LogP contribution in [0.3, 0.4) is 0 Å². The Hall–Kier alpha value is -2.21. The van der Waals surface area contributed by atoms with Crippen molar-refractivity contribution in [3.05, 3.63) is 29.5 Å². The second kappa shape index (κ2) is 6.96. The number of aryl methyl sites for hydroxylation is 1. The summed E-state index contributed by atoms with van der Waals surface area (Å²) in [6.07, 6.45) is 0.0930. The lowest BCUT2D eigenvalue weighted by atomic mass is 10.1. The summed E-state index contributed by atoms with van der Waals surface area (Å²) in [6.45, 7) is 9.10. The van der Waals surface area contributed by atoms with E-state index in [0.717, 1.165) is 28.0 Å². The molecule has 0 radical (unpaired) electrons. The molecule has 1 aromatic carbocycles. The zero-order valence-corrected chi connectivity index (χ0v) is 15.5. The van der Waals surface area contributed by atoms with Crippen molar-refractivity contribution in [1.82, 2.24) is 10.2 Å². The number of nitrogens with zero attached hydrogens (tertiary/aromatic N) is 1. The predicted molar refractivity (Wildman–Crippen MR) is 96.0 cm³/mol. The van der Waals surface area contributed by atoms with E-state index in [4.69, 9.17) is 13.9 Å². The van der Waals surface area contributed by atoms with E-state index in [9.17, 15) is 4.79 Å². The third-order valence-corrected chi connectivity index (χ3v) is 4.62. The highest BCUT2D eigenvalue weighted by molar-refractivity contribution is 5.84. The first-order valence-electron chi connectivity index (χ1n) is 8.67. The van der Waals surface area contributed by atoms with Crippen molar-refractivity contribution in [2.75, 3.05) is 20.2 Å². The summed E-state index contributed by atoms with van der Waals surface area (Å²) < 4.78 is 16.9. The molecule has 3 unspecified atom stereocenters. The monoisotopic (exact) mass is 346 g/mol. The number of hydrogen-bond acceptors (Lipinski definition) is 4. The Kier molecular flexibility index (Phi) is 4.90. The fourth-order valence-corrected chi connectivity index (χ4v) is 3.44. The lowest BCUT2D eigenvalue weighted by Gasteiger charge is -2.35. The maximum absolute atomic E-state index is 12.6. The molecule has 2 aromatic rings. The molecule has 0 aliphatic carbocycles. The Morgan fingerprint density at radius 3 is 2.64 bits per heavy atom. The van der Waals surface area contributed by atoms with Crippen LogP contribution in [0, 0.1) is 6.92 Å². The van der Waals surface area contributed by atoms with Gasteiger partial charge in [0.25, 0.3) is 0 Å². The standard InChI is InChI=1S/C19H26N2O4/c1-11-9-21(10-12(2)24-11)19(22)20-14(4)18-13(3)16-8-15(23-5)6-7-17(16)25-18/h6-8,11-12,14H,9-10H2,1-5H3,(H,20,22). The fourth-order valence-electron chi connectivity index (χ4n) is 3.44. The number of nitrogens with one attached hydrogen (secondary N) is 1. The van der Waals surface area contributed by atoms with Crippen LogP contribution in [0.25, 0.3) is 11.0 Å². The van der Waals surface area contributed by atoms with Crippen LogP contribution >= 0.6 is 0 Å².